The number of carbonyl (C=O) groups is 3. The molecule has 0 spiro atoms. The Kier molecular flexibility index (Phi) is 7.51. The number of amides is 1. The molecule has 170 valence electrons. The first kappa shape index (κ1) is 23.4. The number of benzene rings is 1. The predicted octanol–water partition coefficient (Wildman–Crippen LogP) is 2.77. The van der Waals surface area contributed by atoms with E-state index in [1.165, 1.54) is 0 Å². The van der Waals surface area contributed by atoms with Crippen molar-refractivity contribution in [1.82, 2.24) is 4.90 Å². The molecule has 1 amide bonds. The van der Waals surface area contributed by atoms with Gasteiger partial charge >= 0.3 is 5.97 Å². The Bertz CT molecular complexity index is 949. The first-order valence-corrected chi connectivity index (χ1v) is 12.8. The topological polar surface area (TPSA) is 97.8 Å². The lowest BCUT2D eigenvalue weighted by molar-refractivity contribution is -0.154. The normalized spacial score (nSPS) is 20.5. The molecule has 1 aromatic rings. The average molecular weight is 450 g/mol. The van der Waals surface area contributed by atoms with E-state index in [1.807, 2.05) is 26.0 Å². The maximum atomic E-state index is 12.8. The molecule has 1 aliphatic heterocycles. The number of ketones is 1. The zero-order valence-electron chi connectivity index (χ0n) is 18.3. The van der Waals surface area contributed by atoms with Gasteiger partial charge in [0.05, 0.1) is 17.9 Å². The summed E-state index contributed by atoms with van der Waals surface area (Å²) in [6.45, 7) is 3.48. The smallest absolute Gasteiger partial charge is 0.306 e. The lowest BCUT2D eigenvalue weighted by Crippen LogP contribution is -2.48. The summed E-state index contributed by atoms with van der Waals surface area (Å²) in [7, 11) is -3.12. The van der Waals surface area contributed by atoms with E-state index in [2.05, 4.69) is 0 Å². The van der Waals surface area contributed by atoms with Crippen molar-refractivity contribution in [1.29, 1.82) is 0 Å². The second-order valence-corrected chi connectivity index (χ2v) is 10.9. The summed E-state index contributed by atoms with van der Waals surface area (Å²) in [4.78, 5) is 39.0. The fourth-order valence-electron chi connectivity index (χ4n) is 4.45. The lowest BCUT2D eigenvalue weighted by atomic mass is 10.0. The van der Waals surface area contributed by atoms with Crippen molar-refractivity contribution in [2.45, 2.75) is 70.9 Å². The molecule has 1 aliphatic carbocycles. The van der Waals surface area contributed by atoms with Crippen LogP contribution in [-0.4, -0.2) is 61.2 Å². The second kappa shape index (κ2) is 9.94. The Morgan fingerprint density at radius 3 is 2.32 bits per heavy atom. The maximum Gasteiger partial charge on any atom is 0.306 e. The minimum atomic E-state index is -3.12. The van der Waals surface area contributed by atoms with Crippen molar-refractivity contribution in [3.8, 4) is 0 Å². The van der Waals surface area contributed by atoms with E-state index >= 15 is 0 Å². The maximum absolute atomic E-state index is 12.8. The minimum Gasteiger partial charge on any atom is -0.456 e. The van der Waals surface area contributed by atoms with Gasteiger partial charge in [0.15, 0.2) is 22.2 Å². The molecule has 7 nitrogen and oxygen atoms in total. The van der Waals surface area contributed by atoms with Crippen molar-refractivity contribution in [2.75, 3.05) is 18.1 Å². The largest absolute Gasteiger partial charge is 0.456 e. The molecule has 0 aromatic heterocycles. The Hall–Kier alpha value is -2.22. The van der Waals surface area contributed by atoms with Crippen LogP contribution in [0.3, 0.4) is 0 Å². The number of hydrogen-bond acceptors (Lipinski definition) is 6. The van der Waals surface area contributed by atoms with Crippen LogP contribution < -0.4 is 0 Å². The molecule has 31 heavy (non-hydrogen) atoms. The number of esters is 1. The van der Waals surface area contributed by atoms with Gasteiger partial charge in [-0.3, -0.25) is 14.4 Å². The van der Waals surface area contributed by atoms with Crippen molar-refractivity contribution in [2.24, 2.45) is 0 Å². The summed E-state index contributed by atoms with van der Waals surface area (Å²) < 4.78 is 29.0. The summed E-state index contributed by atoms with van der Waals surface area (Å²) in [5.41, 5.74) is 2.66. The second-order valence-electron chi connectivity index (χ2n) is 8.68. The zero-order valence-corrected chi connectivity index (χ0v) is 19.1. The molecule has 0 N–H and O–H groups in total. The molecule has 3 rings (SSSR count). The highest BCUT2D eigenvalue weighted by Crippen LogP contribution is 2.29. The number of aryl methyl sites for hydroxylation is 2. The van der Waals surface area contributed by atoms with Crippen LogP contribution in [0.4, 0.5) is 0 Å². The van der Waals surface area contributed by atoms with Crippen molar-refractivity contribution >= 4 is 27.5 Å². The van der Waals surface area contributed by atoms with Gasteiger partial charge in [-0.05, 0) is 50.3 Å². The average Bonchev–Trinajstić information content (AvgIpc) is 3.36. The van der Waals surface area contributed by atoms with Gasteiger partial charge in [0, 0.05) is 24.1 Å². The van der Waals surface area contributed by atoms with Crippen molar-refractivity contribution < 1.29 is 27.5 Å². The number of nitrogens with zero attached hydrogens (tertiary/aromatic N) is 1. The number of Topliss-reactive ketones (excluding diaryl/α,β-unsaturated/α-hetero) is 1. The van der Waals surface area contributed by atoms with Gasteiger partial charge in [0.2, 0.25) is 0 Å². The van der Waals surface area contributed by atoms with E-state index in [0.717, 1.165) is 36.8 Å². The van der Waals surface area contributed by atoms with Gasteiger partial charge < -0.3 is 9.64 Å². The fraction of sp³-hybridized carbons (Fsp3) is 0.609. The van der Waals surface area contributed by atoms with E-state index in [9.17, 15) is 22.8 Å². The SMILES string of the molecule is Cc1ccc(C(=O)CCC(=O)OCC(=O)N(C2CCCC2)C2CCS(=O)(=O)C2)cc1C. The van der Waals surface area contributed by atoms with Gasteiger partial charge in [-0.25, -0.2) is 8.42 Å². The third-order valence-corrected chi connectivity index (χ3v) is 8.10. The minimum absolute atomic E-state index is 0.0101. The first-order valence-electron chi connectivity index (χ1n) is 10.9. The summed E-state index contributed by atoms with van der Waals surface area (Å²) in [6, 6.07) is 5.10. The van der Waals surface area contributed by atoms with Gasteiger partial charge in [0.25, 0.3) is 5.91 Å². The summed E-state index contributed by atoms with van der Waals surface area (Å²) in [5, 5.41) is 0. The molecule has 0 radical (unpaired) electrons. The Morgan fingerprint density at radius 2 is 1.71 bits per heavy atom. The van der Waals surface area contributed by atoms with E-state index in [4.69, 9.17) is 4.74 Å². The van der Waals surface area contributed by atoms with Gasteiger partial charge in [-0.2, -0.15) is 0 Å². The van der Waals surface area contributed by atoms with E-state index in [0.29, 0.717) is 12.0 Å². The molecule has 1 saturated heterocycles. The lowest BCUT2D eigenvalue weighted by Gasteiger charge is -2.33. The first-order chi connectivity index (χ1) is 14.7. The Balaban J connectivity index is 1.52. The molecule has 2 aliphatic rings. The molecular weight excluding hydrogens is 418 g/mol. The Labute approximate surface area is 184 Å². The Morgan fingerprint density at radius 1 is 1.00 bits per heavy atom. The van der Waals surface area contributed by atoms with E-state index in [-0.39, 0.29) is 48.1 Å². The van der Waals surface area contributed by atoms with Crippen LogP contribution in [0.25, 0.3) is 0 Å². The third kappa shape index (κ3) is 6.15. The molecule has 1 unspecified atom stereocenters. The van der Waals surface area contributed by atoms with Crippen LogP contribution in [-0.2, 0) is 24.2 Å². The van der Waals surface area contributed by atoms with Gasteiger partial charge in [-0.15, -0.1) is 0 Å². The summed E-state index contributed by atoms with van der Waals surface area (Å²) >= 11 is 0. The van der Waals surface area contributed by atoms with Gasteiger partial charge in [0.1, 0.15) is 0 Å². The van der Waals surface area contributed by atoms with Gasteiger partial charge in [-0.1, -0.05) is 25.0 Å². The molecule has 0 bridgehead atoms. The van der Waals surface area contributed by atoms with Crippen molar-refractivity contribution in [3.63, 3.8) is 0 Å². The molecule has 1 heterocycles. The highest BCUT2D eigenvalue weighted by Gasteiger charge is 2.39. The molecular formula is C23H31NO6S. The number of rotatable bonds is 8. The molecule has 2 fully saturated rings. The quantitative estimate of drug-likeness (QED) is 0.447. The monoisotopic (exact) mass is 449 g/mol. The van der Waals surface area contributed by atoms with Crippen LogP contribution >= 0.6 is 0 Å². The van der Waals surface area contributed by atoms with Crippen LogP contribution in [0.1, 0.15) is 66.4 Å². The predicted molar refractivity (Wildman–Crippen MR) is 117 cm³/mol. The van der Waals surface area contributed by atoms with Crippen LogP contribution in [0.5, 0.6) is 0 Å². The molecule has 1 atom stereocenters. The summed E-state index contributed by atoms with van der Waals surface area (Å²) in [5.74, 6) is -1.02. The number of sulfone groups is 1. The van der Waals surface area contributed by atoms with Crippen molar-refractivity contribution in [3.05, 3.63) is 34.9 Å². The third-order valence-electron chi connectivity index (χ3n) is 6.35. The van der Waals surface area contributed by atoms with Crippen LogP contribution in [0.2, 0.25) is 0 Å². The van der Waals surface area contributed by atoms with E-state index < -0.39 is 22.4 Å². The zero-order chi connectivity index (χ0) is 22.6. The van der Waals surface area contributed by atoms with Crippen LogP contribution in [0.15, 0.2) is 18.2 Å². The number of carbonyl (C=O) groups excluding carboxylic acids is 3. The highest BCUT2D eigenvalue weighted by atomic mass is 32.2. The van der Waals surface area contributed by atoms with Crippen LogP contribution in [0, 0.1) is 13.8 Å². The molecule has 8 heteroatoms. The van der Waals surface area contributed by atoms with E-state index in [1.54, 1.807) is 11.0 Å². The number of ether oxygens (including phenoxy) is 1. The highest BCUT2D eigenvalue weighted by molar-refractivity contribution is 7.91. The molecule has 1 aromatic carbocycles. The standard InChI is InChI=1S/C23H31NO6S/c1-16-7-8-18(13-17(16)2)21(25)9-10-23(27)30-14-22(26)24(19-5-3-4-6-19)20-11-12-31(28,29)15-20/h7-8,13,19-20H,3-6,9-12,14-15H2,1-2H3. The summed E-state index contributed by atoms with van der Waals surface area (Å²) in [6.07, 6.45) is 4.07. The fourth-order valence-corrected chi connectivity index (χ4v) is 6.16. The molecule has 1 saturated carbocycles. The number of hydrogen-bond donors (Lipinski definition) is 0.